The van der Waals surface area contributed by atoms with E-state index in [9.17, 15) is 0 Å². The number of hydrogen-bond donors (Lipinski definition) is 1. The Morgan fingerprint density at radius 3 is 2.71 bits per heavy atom. The average molecular weight is 328 g/mol. The second kappa shape index (κ2) is 8.00. The summed E-state index contributed by atoms with van der Waals surface area (Å²) in [6.45, 7) is 7.45. The fourth-order valence-electron chi connectivity index (χ4n) is 3.86. The van der Waals surface area contributed by atoms with Crippen LogP contribution in [0.1, 0.15) is 44.4 Å². The first-order valence-corrected chi connectivity index (χ1v) is 9.21. The molecule has 24 heavy (non-hydrogen) atoms. The van der Waals surface area contributed by atoms with E-state index in [0.717, 1.165) is 38.3 Å². The molecule has 1 aromatic carbocycles. The first-order chi connectivity index (χ1) is 11.7. The van der Waals surface area contributed by atoms with Crippen molar-refractivity contribution in [2.45, 2.75) is 51.2 Å². The third-order valence-electron chi connectivity index (χ3n) is 5.39. The fraction of sp³-hybridized carbons (Fsp3) is 0.524. The van der Waals surface area contributed by atoms with Crippen LogP contribution in [0, 0.1) is 5.92 Å². The summed E-state index contributed by atoms with van der Waals surface area (Å²) in [6, 6.07) is 15.1. The van der Waals surface area contributed by atoms with Crippen molar-refractivity contribution in [3.05, 3.63) is 60.1 Å². The van der Waals surface area contributed by atoms with Crippen molar-refractivity contribution in [1.29, 1.82) is 0 Å². The molecule has 0 unspecified atom stereocenters. The van der Waals surface area contributed by atoms with Crippen LogP contribution in [-0.4, -0.2) is 19.3 Å². The van der Waals surface area contributed by atoms with Crippen molar-refractivity contribution in [2.24, 2.45) is 5.92 Å². The molecule has 1 fully saturated rings. The van der Waals surface area contributed by atoms with Gasteiger partial charge in [0.25, 0.3) is 0 Å². The molecular formula is C21H30NO2+. The first kappa shape index (κ1) is 17.2. The van der Waals surface area contributed by atoms with E-state index >= 15 is 0 Å². The molecule has 3 heteroatoms. The van der Waals surface area contributed by atoms with Crippen LogP contribution in [0.2, 0.25) is 0 Å². The minimum atomic E-state index is 0.244. The van der Waals surface area contributed by atoms with Crippen LogP contribution in [0.4, 0.5) is 0 Å². The molecule has 3 rings (SSSR count). The van der Waals surface area contributed by atoms with Crippen molar-refractivity contribution in [3.8, 4) is 0 Å². The Balaban J connectivity index is 1.68. The Hall–Kier alpha value is -1.58. The summed E-state index contributed by atoms with van der Waals surface area (Å²) < 4.78 is 11.5. The molecule has 0 radical (unpaired) electrons. The molecule has 1 aliphatic rings. The predicted molar refractivity (Wildman–Crippen MR) is 95.8 cm³/mol. The molecule has 0 aliphatic carbocycles. The summed E-state index contributed by atoms with van der Waals surface area (Å²) in [5, 5.41) is 2.36. The van der Waals surface area contributed by atoms with Gasteiger partial charge in [-0.15, -0.1) is 0 Å². The molecular weight excluding hydrogens is 298 g/mol. The highest BCUT2D eigenvalue weighted by atomic mass is 16.5. The normalized spacial score (nSPS) is 24.4. The van der Waals surface area contributed by atoms with Crippen LogP contribution < -0.4 is 5.32 Å². The molecule has 0 spiro atoms. The topological polar surface area (TPSA) is 39.0 Å². The largest absolute Gasteiger partial charge is 0.463 e. The van der Waals surface area contributed by atoms with Crippen LogP contribution in [0.3, 0.4) is 0 Å². The van der Waals surface area contributed by atoms with Gasteiger partial charge in [-0.2, -0.15) is 0 Å². The molecule has 2 N–H and O–H groups in total. The van der Waals surface area contributed by atoms with Crippen molar-refractivity contribution >= 4 is 0 Å². The maximum Gasteiger partial charge on any atom is 0.157 e. The number of ether oxygens (including phenoxy) is 1. The zero-order valence-electron chi connectivity index (χ0n) is 14.9. The van der Waals surface area contributed by atoms with E-state index in [1.54, 1.807) is 6.26 Å². The average Bonchev–Trinajstić information content (AvgIpc) is 3.13. The predicted octanol–water partition coefficient (Wildman–Crippen LogP) is 3.51. The molecule has 1 aromatic heterocycles. The van der Waals surface area contributed by atoms with Crippen LogP contribution in [0.15, 0.2) is 53.1 Å². The molecule has 0 saturated carbocycles. The van der Waals surface area contributed by atoms with Gasteiger partial charge in [0, 0.05) is 18.4 Å². The highest BCUT2D eigenvalue weighted by Gasteiger charge is 2.39. The summed E-state index contributed by atoms with van der Waals surface area (Å²) in [5.41, 5.74) is 1.72. The zero-order valence-corrected chi connectivity index (χ0v) is 14.9. The Bertz CT molecular complexity index is 594. The zero-order chi connectivity index (χ0) is 16.8. The molecule has 2 heterocycles. The maximum absolute atomic E-state index is 6.06. The van der Waals surface area contributed by atoms with Gasteiger partial charge in [-0.25, -0.2) is 0 Å². The molecule has 0 bridgehead atoms. The number of hydrogen-bond acceptors (Lipinski definition) is 2. The van der Waals surface area contributed by atoms with E-state index in [4.69, 9.17) is 9.15 Å². The second-order valence-electron chi connectivity index (χ2n) is 7.36. The van der Waals surface area contributed by atoms with E-state index < -0.39 is 0 Å². The number of rotatable bonds is 7. The van der Waals surface area contributed by atoms with Crippen molar-refractivity contribution < 1.29 is 14.5 Å². The summed E-state index contributed by atoms with van der Waals surface area (Å²) >= 11 is 0. The molecule has 0 amide bonds. The van der Waals surface area contributed by atoms with Gasteiger partial charge in [-0.3, -0.25) is 0 Å². The lowest BCUT2D eigenvalue weighted by Crippen LogP contribution is -2.83. The van der Waals surface area contributed by atoms with Gasteiger partial charge in [-0.05, 0) is 36.5 Å². The quantitative estimate of drug-likeness (QED) is 0.790. The monoisotopic (exact) mass is 328 g/mol. The Morgan fingerprint density at radius 2 is 2.00 bits per heavy atom. The third kappa shape index (κ3) is 4.08. The van der Waals surface area contributed by atoms with Gasteiger partial charge in [0.15, 0.2) is 5.76 Å². The number of benzene rings is 1. The highest BCUT2D eigenvalue weighted by molar-refractivity contribution is 5.26. The highest BCUT2D eigenvalue weighted by Crippen LogP contribution is 2.41. The lowest BCUT2D eigenvalue weighted by atomic mass is 9.68. The Kier molecular flexibility index (Phi) is 5.75. The van der Waals surface area contributed by atoms with Crippen LogP contribution in [-0.2, 0) is 16.7 Å². The smallest absolute Gasteiger partial charge is 0.157 e. The Morgan fingerprint density at radius 1 is 1.17 bits per heavy atom. The SMILES string of the molecule is CC(C)[C@H]1C[C@@](CC[NH2+]Cc2ccco2)(c2ccccc2)CCO1. The third-order valence-corrected chi connectivity index (χ3v) is 5.39. The van der Waals surface area contributed by atoms with Crippen LogP contribution in [0.5, 0.6) is 0 Å². The number of furan rings is 1. The summed E-state index contributed by atoms with van der Waals surface area (Å²) in [5.74, 6) is 1.62. The second-order valence-corrected chi connectivity index (χ2v) is 7.36. The Labute approximate surface area is 145 Å². The lowest BCUT2D eigenvalue weighted by molar-refractivity contribution is -0.673. The van der Waals surface area contributed by atoms with Gasteiger partial charge in [0.05, 0.1) is 18.9 Å². The van der Waals surface area contributed by atoms with Gasteiger partial charge in [-0.1, -0.05) is 44.2 Å². The summed E-state index contributed by atoms with van der Waals surface area (Å²) in [6.07, 6.45) is 5.55. The van der Waals surface area contributed by atoms with Gasteiger partial charge in [0.2, 0.25) is 0 Å². The minimum Gasteiger partial charge on any atom is -0.463 e. The molecule has 1 saturated heterocycles. The van der Waals surface area contributed by atoms with E-state index in [1.807, 2.05) is 12.1 Å². The van der Waals surface area contributed by atoms with Gasteiger partial charge < -0.3 is 14.5 Å². The van der Waals surface area contributed by atoms with E-state index in [0.29, 0.717) is 12.0 Å². The minimum absolute atomic E-state index is 0.244. The van der Waals surface area contributed by atoms with Crippen molar-refractivity contribution in [2.75, 3.05) is 13.2 Å². The summed E-state index contributed by atoms with van der Waals surface area (Å²) in [4.78, 5) is 0. The maximum atomic E-state index is 6.06. The number of quaternary nitrogens is 1. The molecule has 130 valence electrons. The van der Waals surface area contributed by atoms with Gasteiger partial charge in [0.1, 0.15) is 6.54 Å². The first-order valence-electron chi connectivity index (χ1n) is 9.21. The number of nitrogens with two attached hydrogens (primary N) is 1. The molecule has 2 aromatic rings. The van der Waals surface area contributed by atoms with Gasteiger partial charge >= 0.3 is 0 Å². The van der Waals surface area contributed by atoms with Crippen molar-refractivity contribution in [1.82, 2.24) is 0 Å². The lowest BCUT2D eigenvalue weighted by Gasteiger charge is -2.42. The van der Waals surface area contributed by atoms with Crippen LogP contribution >= 0.6 is 0 Å². The van der Waals surface area contributed by atoms with E-state index in [-0.39, 0.29) is 5.41 Å². The van der Waals surface area contributed by atoms with E-state index in [2.05, 4.69) is 49.5 Å². The molecule has 2 atom stereocenters. The summed E-state index contributed by atoms with van der Waals surface area (Å²) in [7, 11) is 0. The molecule has 3 nitrogen and oxygen atoms in total. The molecule has 1 aliphatic heterocycles. The van der Waals surface area contributed by atoms with Crippen molar-refractivity contribution in [3.63, 3.8) is 0 Å². The standard InChI is InChI=1S/C21H29NO2/c1-17(2)20-15-21(11-14-24-20,18-7-4-3-5-8-18)10-12-22-16-19-9-6-13-23-19/h3-9,13,17,20,22H,10-12,14-16H2,1-2H3/p+1/t20-,21+/m1/s1. The van der Waals surface area contributed by atoms with E-state index in [1.165, 1.54) is 12.0 Å². The van der Waals surface area contributed by atoms with Crippen LogP contribution in [0.25, 0.3) is 0 Å². The fourth-order valence-corrected chi connectivity index (χ4v) is 3.86.